The second-order valence-electron chi connectivity index (χ2n) is 6.39. The number of benzene rings is 1. The molecular weight excluding hydrogens is 334 g/mol. The Morgan fingerprint density at radius 1 is 0.962 bits per heavy atom. The first-order valence-corrected chi connectivity index (χ1v) is 8.40. The lowest BCUT2D eigenvalue weighted by atomic mass is 10.1. The third-order valence-electron chi connectivity index (χ3n) is 3.52. The number of anilines is 2. The van der Waals surface area contributed by atoms with E-state index in [0.29, 0.717) is 17.8 Å². The van der Waals surface area contributed by atoms with Gasteiger partial charge in [0.1, 0.15) is 6.04 Å². The van der Waals surface area contributed by atoms with Gasteiger partial charge in [-0.15, -0.1) is 0 Å². The summed E-state index contributed by atoms with van der Waals surface area (Å²) < 4.78 is 4.98. The quantitative estimate of drug-likeness (QED) is 0.709. The fourth-order valence-electron chi connectivity index (χ4n) is 2.21. The van der Waals surface area contributed by atoms with Crippen molar-refractivity contribution in [2.24, 2.45) is 5.92 Å². The molecule has 7 heteroatoms. The van der Waals surface area contributed by atoms with Gasteiger partial charge in [-0.05, 0) is 49.2 Å². The number of furan rings is 1. The Balaban J connectivity index is 1.86. The highest BCUT2D eigenvalue weighted by molar-refractivity contribution is 6.00. The van der Waals surface area contributed by atoms with Crippen molar-refractivity contribution in [2.45, 2.75) is 33.2 Å². The molecule has 3 amide bonds. The van der Waals surface area contributed by atoms with Gasteiger partial charge in [0.05, 0.1) is 6.26 Å². The van der Waals surface area contributed by atoms with Crippen LogP contribution < -0.4 is 16.0 Å². The first kappa shape index (κ1) is 19.2. The number of rotatable bonds is 7. The van der Waals surface area contributed by atoms with Crippen LogP contribution in [0.15, 0.2) is 47.1 Å². The Morgan fingerprint density at radius 3 is 2.12 bits per heavy atom. The Bertz CT molecular complexity index is 752. The summed E-state index contributed by atoms with van der Waals surface area (Å²) in [5, 5.41) is 8.06. The highest BCUT2D eigenvalue weighted by Crippen LogP contribution is 2.15. The second-order valence-corrected chi connectivity index (χ2v) is 6.39. The maximum atomic E-state index is 12.2. The molecule has 0 saturated carbocycles. The predicted molar refractivity (Wildman–Crippen MR) is 98.8 cm³/mol. The minimum atomic E-state index is -0.738. The van der Waals surface area contributed by atoms with Crippen molar-refractivity contribution in [3.8, 4) is 0 Å². The van der Waals surface area contributed by atoms with Crippen LogP contribution in [-0.4, -0.2) is 23.8 Å². The van der Waals surface area contributed by atoms with E-state index in [1.807, 2.05) is 13.8 Å². The van der Waals surface area contributed by atoms with Crippen molar-refractivity contribution in [2.75, 3.05) is 10.6 Å². The molecule has 3 N–H and O–H groups in total. The van der Waals surface area contributed by atoms with Crippen molar-refractivity contribution < 1.29 is 18.8 Å². The summed E-state index contributed by atoms with van der Waals surface area (Å²) in [5.41, 5.74) is 1.23. The monoisotopic (exact) mass is 357 g/mol. The molecule has 2 aromatic rings. The van der Waals surface area contributed by atoms with E-state index in [1.54, 1.807) is 37.3 Å². The topological polar surface area (TPSA) is 100 Å². The van der Waals surface area contributed by atoms with Crippen LogP contribution >= 0.6 is 0 Å². The van der Waals surface area contributed by atoms with Gasteiger partial charge in [-0.2, -0.15) is 0 Å². The summed E-state index contributed by atoms with van der Waals surface area (Å²) in [6.07, 6.45) is 1.84. The fraction of sp³-hybridized carbons (Fsp3) is 0.316. The third kappa shape index (κ3) is 5.77. The highest BCUT2D eigenvalue weighted by atomic mass is 16.3. The van der Waals surface area contributed by atoms with Crippen LogP contribution in [0.2, 0.25) is 0 Å². The Labute approximate surface area is 152 Å². The number of nitrogens with one attached hydrogen (secondary N) is 3. The molecule has 1 aromatic carbocycles. The van der Waals surface area contributed by atoms with Gasteiger partial charge >= 0.3 is 0 Å². The Hall–Kier alpha value is -3.09. The maximum Gasteiger partial charge on any atom is 0.287 e. The molecule has 2 rings (SSSR count). The standard InChI is InChI=1S/C19H23N3O4/c1-12(2)11-17(23)21-14-6-8-15(9-7-14)22-18(24)13(3)20-19(25)16-5-4-10-26-16/h4-10,12-13H,11H2,1-3H3,(H,20,25)(H,21,23)(H,22,24). The van der Waals surface area contributed by atoms with Crippen molar-refractivity contribution in [3.63, 3.8) is 0 Å². The zero-order valence-electron chi connectivity index (χ0n) is 15.0. The average molecular weight is 357 g/mol. The van der Waals surface area contributed by atoms with E-state index in [4.69, 9.17) is 4.42 Å². The molecule has 1 aromatic heterocycles. The number of carbonyl (C=O) groups excluding carboxylic acids is 3. The minimum absolute atomic E-state index is 0.0500. The Kier molecular flexibility index (Phi) is 6.54. The van der Waals surface area contributed by atoms with Crippen LogP contribution in [0.25, 0.3) is 0 Å². The summed E-state index contributed by atoms with van der Waals surface area (Å²) in [6.45, 7) is 5.53. The van der Waals surface area contributed by atoms with Gasteiger partial charge in [0.25, 0.3) is 5.91 Å². The van der Waals surface area contributed by atoms with Crippen LogP contribution in [0.1, 0.15) is 37.7 Å². The van der Waals surface area contributed by atoms with Gasteiger partial charge in [0.15, 0.2) is 5.76 Å². The molecule has 0 aliphatic rings. The number of hydrogen-bond donors (Lipinski definition) is 3. The number of carbonyl (C=O) groups is 3. The molecule has 0 radical (unpaired) electrons. The van der Waals surface area contributed by atoms with E-state index >= 15 is 0 Å². The molecule has 0 spiro atoms. The van der Waals surface area contributed by atoms with E-state index in [0.717, 1.165) is 0 Å². The molecule has 0 aliphatic carbocycles. The van der Waals surface area contributed by atoms with Gasteiger partial charge in [-0.25, -0.2) is 0 Å². The summed E-state index contributed by atoms with van der Waals surface area (Å²) in [7, 11) is 0. The van der Waals surface area contributed by atoms with E-state index < -0.39 is 11.9 Å². The molecule has 0 bridgehead atoms. The number of amides is 3. The normalized spacial score (nSPS) is 11.7. The van der Waals surface area contributed by atoms with Crippen molar-refractivity contribution in [3.05, 3.63) is 48.4 Å². The molecule has 0 aliphatic heterocycles. The summed E-state index contributed by atoms with van der Waals surface area (Å²) in [6, 6.07) is 9.17. The van der Waals surface area contributed by atoms with Crippen LogP contribution in [0.3, 0.4) is 0 Å². The lowest BCUT2D eigenvalue weighted by Gasteiger charge is -2.14. The smallest absolute Gasteiger partial charge is 0.287 e. The molecule has 26 heavy (non-hydrogen) atoms. The first-order chi connectivity index (χ1) is 12.3. The average Bonchev–Trinajstić information content (AvgIpc) is 3.10. The highest BCUT2D eigenvalue weighted by Gasteiger charge is 2.18. The summed E-state index contributed by atoms with van der Waals surface area (Å²) >= 11 is 0. The van der Waals surface area contributed by atoms with Crippen LogP contribution in [0.5, 0.6) is 0 Å². The van der Waals surface area contributed by atoms with Crippen molar-refractivity contribution in [1.29, 1.82) is 0 Å². The molecule has 1 atom stereocenters. The molecule has 0 fully saturated rings. The SMILES string of the molecule is CC(C)CC(=O)Nc1ccc(NC(=O)C(C)NC(=O)c2ccco2)cc1. The van der Waals surface area contributed by atoms with Gasteiger partial charge < -0.3 is 20.4 Å². The molecule has 1 unspecified atom stereocenters. The summed E-state index contributed by atoms with van der Waals surface area (Å²) in [4.78, 5) is 35.8. The lowest BCUT2D eigenvalue weighted by Crippen LogP contribution is -2.41. The zero-order valence-corrected chi connectivity index (χ0v) is 15.0. The molecule has 1 heterocycles. The van der Waals surface area contributed by atoms with E-state index in [1.165, 1.54) is 12.3 Å². The van der Waals surface area contributed by atoms with Crippen molar-refractivity contribution >= 4 is 29.1 Å². The largest absolute Gasteiger partial charge is 0.459 e. The maximum absolute atomic E-state index is 12.2. The van der Waals surface area contributed by atoms with Gasteiger partial charge in [-0.3, -0.25) is 14.4 Å². The van der Waals surface area contributed by atoms with Gasteiger partial charge in [0, 0.05) is 17.8 Å². The van der Waals surface area contributed by atoms with Gasteiger partial charge in [0.2, 0.25) is 11.8 Å². The second kappa shape index (κ2) is 8.84. The van der Waals surface area contributed by atoms with Crippen LogP contribution in [0, 0.1) is 5.92 Å². The predicted octanol–water partition coefficient (Wildman–Crippen LogP) is 3.02. The van der Waals surface area contributed by atoms with Crippen LogP contribution in [0.4, 0.5) is 11.4 Å². The number of hydrogen-bond acceptors (Lipinski definition) is 4. The Morgan fingerprint density at radius 2 is 1.58 bits per heavy atom. The third-order valence-corrected chi connectivity index (χ3v) is 3.52. The summed E-state index contributed by atoms with van der Waals surface area (Å²) in [5.74, 6) is -0.439. The van der Waals surface area contributed by atoms with Crippen molar-refractivity contribution in [1.82, 2.24) is 5.32 Å². The minimum Gasteiger partial charge on any atom is -0.459 e. The fourth-order valence-corrected chi connectivity index (χ4v) is 2.21. The van der Waals surface area contributed by atoms with E-state index in [-0.39, 0.29) is 23.5 Å². The first-order valence-electron chi connectivity index (χ1n) is 8.40. The van der Waals surface area contributed by atoms with E-state index in [2.05, 4.69) is 16.0 Å². The molecule has 0 saturated heterocycles. The molecule has 7 nitrogen and oxygen atoms in total. The molecule has 138 valence electrons. The van der Waals surface area contributed by atoms with Crippen LogP contribution in [-0.2, 0) is 9.59 Å². The zero-order chi connectivity index (χ0) is 19.1. The van der Waals surface area contributed by atoms with E-state index in [9.17, 15) is 14.4 Å². The molecular formula is C19H23N3O4. The lowest BCUT2D eigenvalue weighted by molar-refractivity contribution is -0.118. The van der Waals surface area contributed by atoms with Gasteiger partial charge in [-0.1, -0.05) is 13.8 Å².